The van der Waals surface area contributed by atoms with Crippen LogP contribution in [0.3, 0.4) is 0 Å². The number of hydrogen-bond donors (Lipinski definition) is 0. The van der Waals surface area contributed by atoms with Crippen molar-refractivity contribution in [2.24, 2.45) is 0 Å². The van der Waals surface area contributed by atoms with Crippen molar-refractivity contribution in [3.05, 3.63) is 64.3 Å². The summed E-state index contributed by atoms with van der Waals surface area (Å²) in [6.45, 7) is 0.101. The molecule has 1 heterocycles. The van der Waals surface area contributed by atoms with Crippen LogP contribution in [0.4, 0.5) is 9.18 Å². The monoisotopic (exact) mass is 373 g/mol. The maximum absolute atomic E-state index is 13.0. The first kappa shape index (κ1) is 18.0. The quantitative estimate of drug-likeness (QED) is 0.739. The summed E-state index contributed by atoms with van der Waals surface area (Å²) < 4.78 is 23.4. The van der Waals surface area contributed by atoms with E-state index in [-0.39, 0.29) is 23.5 Å². The van der Waals surface area contributed by atoms with Gasteiger partial charge in [-0.3, -0.25) is 14.5 Å². The van der Waals surface area contributed by atoms with E-state index in [1.165, 1.54) is 26.4 Å². The smallest absolute Gasteiger partial charge is 0.293 e. The molecule has 0 N–H and O–H groups in total. The van der Waals surface area contributed by atoms with E-state index in [4.69, 9.17) is 9.47 Å². The van der Waals surface area contributed by atoms with Crippen molar-refractivity contribution in [2.45, 2.75) is 6.54 Å². The van der Waals surface area contributed by atoms with Gasteiger partial charge in [0.1, 0.15) is 17.3 Å². The lowest BCUT2D eigenvalue weighted by Crippen LogP contribution is -2.27. The summed E-state index contributed by atoms with van der Waals surface area (Å²) in [7, 11) is 3.07. The van der Waals surface area contributed by atoms with Gasteiger partial charge < -0.3 is 9.47 Å². The molecule has 0 radical (unpaired) electrons. The van der Waals surface area contributed by atoms with Crippen LogP contribution in [0.2, 0.25) is 0 Å². The van der Waals surface area contributed by atoms with Crippen LogP contribution in [-0.4, -0.2) is 30.3 Å². The average molecular weight is 373 g/mol. The van der Waals surface area contributed by atoms with Gasteiger partial charge in [-0.1, -0.05) is 12.1 Å². The maximum Gasteiger partial charge on any atom is 0.293 e. The van der Waals surface area contributed by atoms with Gasteiger partial charge in [-0.05, 0) is 53.2 Å². The molecule has 0 atom stereocenters. The molecule has 0 spiro atoms. The molecule has 1 saturated heterocycles. The van der Waals surface area contributed by atoms with E-state index in [1.54, 1.807) is 36.4 Å². The minimum Gasteiger partial charge on any atom is -0.497 e. The minimum atomic E-state index is -0.383. The van der Waals surface area contributed by atoms with Crippen molar-refractivity contribution < 1.29 is 23.5 Å². The average Bonchev–Trinajstić information content (AvgIpc) is 2.90. The highest BCUT2D eigenvalue weighted by atomic mass is 32.2. The fourth-order valence-electron chi connectivity index (χ4n) is 2.47. The topological polar surface area (TPSA) is 55.8 Å². The zero-order valence-corrected chi connectivity index (χ0v) is 15.0. The van der Waals surface area contributed by atoms with Gasteiger partial charge >= 0.3 is 0 Å². The summed E-state index contributed by atoms with van der Waals surface area (Å²) in [5, 5.41) is -0.361. The summed E-state index contributed by atoms with van der Waals surface area (Å²) in [6, 6.07) is 10.9. The van der Waals surface area contributed by atoms with Crippen LogP contribution in [0, 0.1) is 5.82 Å². The van der Waals surface area contributed by atoms with Crippen molar-refractivity contribution in [3.8, 4) is 11.5 Å². The van der Waals surface area contributed by atoms with Gasteiger partial charge in [0.15, 0.2) is 0 Å². The molecule has 2 amide bonds. The minimum absolute atomic E-state index is 0.101. The van der Waals surface area contributed by atoms with Crippen LogP contribution in [0.25, 0.3) is 6.08 Å². The first-order valence-corrected chi connectivity index (χ1v) is 8.54. The Morgan fingerprint density at radius 1 is 1.04 bits per heavy atom. The number of thioether (sulfide) groups is 1. The van der Waals surface area contributed by atoms with Crippen LogP contribution in [0.15, 0.2) is 47.4 Å². The predicted molar refractivity (Wildman–Crippen MR) is 97.5 cm³/mol. The number of ether oxygens (including phenoxy) is 2. The highest BCUT2D eigenvalue weighted by molar-refractivity contribution is 8.18. The van der Waals surface area contributed by atoms with E-state index >= 15 is 0 Å². The lowest BCUT2D eigenvalue weighted by atomic mass is 10.1. The zero-order valence-electron chi connectivity index (χ0n) is 14.2. The second-order valence-corrected chi connectivity index (χ2v) is 6.53. The Balaban J connectivity index is 1.84. The largest absolute Gasteiger partial charge is 0.497 e. The van der Waals surface area contributed by atoms with Gasteiger partial charge in [-0.25, -0.2) is 4.39 Å². The van der Waals surface area contributed by atoms with E-state index in [0.717, 1.165) is 16.7 Å². The van der Waals surface area contributed by atoms with Crippen molar-refractivity contribution in [3.63, 3.8) is 0 Å². The molecule has 0 saturated carbocycles. The molecule has 3 rings (SSSR count). The van der Waals surface area contributed by atoms with Gasteiger partial charge in [0, 0.05) is 6.07 Å². The molecule has 0 aliphatic carbocycles. The third-order valence-corrected chi connectivity index (χ3v) is 4.71. The molecule has 1 aliphatic rings. The Morgan fingerprint density at radius 2 is 1.65 bits per heavy atom. The molecule has 0 bridgehead atoms. The molecule has 26 heavy (non-hydrogen) atoms. The van der Waals surface area contributed by atoms with E-state index < -0.39 is 0 Å². The van der Waals surface area contributed by atoms with Crippen molar-refractivity contribution in [2.75, 3.05) is 14.2 Å². The van der Waals surface area contributed by atoms with Crippen LogP contribution >= 0.6 is 11.8 Å². The maximum atomic E-state index is 13.0. The molecule has 1 fully saturated rings. The predicted octanol–water partition coefficient (Wildman–Crippen LogP) is 4.08. The Bertz CT molecular complexity index is 857. The number of imide groups is 1. The summed E-state index contributed by atoms with van der Waals surface area (Å²) in [5.41, 5.74) is 1.37. The molecule has 134 valence electrons. The second kappa shape index (κ2) is 7.61. The normalized spacial score (nSPS) is 15.7. The Labute approximate surface area is 154 Å². The number of nitrogens with zero attached hydrogens (tertiary/aromatic N) is 1. The fourth-order valence-corrected chi connectivity index (χ4v) is 3.31. The van der Waals surface area contributed by atoms with Gasteiger partial charge in [-0.2, -0.15) is 0 Å². The first-order chi connectivity index (χ1) is 12.5. The number of halogens is 1. The number of hydrogen-bond acceptors (Lipinski definition) is 5. The van der Waals surface area contributed by atoms with Crippen molar-refractivity contribution >= 4 is 29.0 Å². The third-order valence-electron chi connectivity index (χ3n) is 3.80. The van der Waals surface area contributed by atoms with Crippen molar-refractivity contribution in [1.29, 1.82) is 0 Å². The highest BCUT2D eigenvalue weighted by Gasteiger charge is 2.35. The van der Waals surface area contributed by atoms with E-state index in [0.29, 0.717) is 27.5 Å². The molecule has 2 aromatic carbocycles. The van der Waals surface area contributed by atoms with E-state index in [1.807, 2.05) is 0 Å². The standard InChI is InChI=1S/C19H16FNO4S/c1-24-15-7-13(8-16(10-15)25-2)9-17-18(22)21(19(23)26-17)11-12-3-5-14(20)6-4-12/h3-10H,11H2,1-2H3/b17-9-. The fraction of sp³-hybridized carbons (Fsp3) is 0.158. The van der Waals surface area contributed by atoms with E-state index in [2.05, 4.69) is 0 Å². The number of methoxy groups -OCH3 is 2. The Hall–Kier alpha value is -2.80. The SMILES string of the molecule is COc1cc(/C=C2\SC(=O)N(Cc3ccc(F)cc3)C2=O)cc(OC)c1. The number of benzene rings is 2. The summed E-state index contributed by atoms with van der Waals surface area (Å²) in [6.07, 6.45) is 1.63. The third kappa shape index (κ3) is 3.88. The van der Waals surface area contributed by atoms with Crippen LogP contribution in [0.5, 0.6) is 11.5 Å². The molecule has 5 nitrogen and oxygen atoms in total. The molecule has 0 unspecified atom stereocenters. The molecular formula is C19H16FNO4S. The van der Waals surface area contributed by atoms with Crippen LogP contribution < -0.4 is 9.47 Å². The van der Waals surface area contributed by atoms with Crippen LogP contribution in [-0.2, 0) is 11.3 Å². The molecule has 7 heteroatoms. The molecule has 0 aromatic heterocycles. The summed E-state index contributed by atoms with van der Waals surface area (Å²) >= 11 is 0.869. The first-order valence-electron chi connectivity index (χ1n) is 7.73. The number of carbonyl (C=O) groups is 2. The second-order valence-electron chi connectivity index (χ2n) is 5.54. The molecular weight excluding hydrogens is 357 g/mol. The van der Waals surface area contributed by atoms with Gasteiger partial charge in [0.05, 0.1) is 25.7 Å². The highest BCUT2D eigenvalue weighted by Crippen LogP contribution is 2.34. The van der Waals surface area contributed by atoms with E-state index in [9.17, 15) is 14.0 Å². The molecule has 1 aliphatic heterocycles. The zero-order chi connectivity index (χ0) is 18.7. The number of amides is 2. The molecule has 2 aromatic rings. The Morgan fingerprint density at radius 3 is 2.23 bits per heavy atom. The van der Waals surface area contributed by atoms with Gasteiger partial charge in [0.25, 0.3) is 11.1 Å². The lowest BCUT2D eigenvalue weighted by Gasteiger charge is -2.12. The Kier molecular flexibility index (Phi) is 5.27. The summed E-state index contributed by atoms with van der Waals surface area (Å²) in [4.78, 5) is 26.2. The number of rotatable bonds is 5. The van der Waals surface area contributed by atoms with Gasteiger partial charge in [-0.15, -0.1) is 0 Å². The summed E-state index contributed by atoms with van der Waals surface area (Å²) in [5.74, 6) is 0.420. The lowest BCUT2D eigenvalue weighted by molar-refractivity contribution is -0.123. The number of carbonyl (C=O) groups excluding carboxylic acids is 2. The van der Waals surface area contributed by atoms with Gasteiger partial charge in [0.2, 0.25) is 0 Å². The van der Waals surface area contributed by atoms with Crippen LogP contribution in [0.1, 0.15) is 11.1 Å². The van der Waals surface area contributed by atoms with Crippen molar-refractivity contribution in [1.82, 2.24) is 4.90 Å².